The molecule has 0 atom stereocenters. The summed E-state index contributed by atoms with van der Waals surface area (Å²) >= 11 is 0. The Morgan fingerprint density at radius 3 is 2.49 bits per heavy atom. The summed E-state index contributed by atoms with van der Waals surface area (Å²) in [5.74, 6) is -0.770. The number of aromatic carboxylic acids is 1. The van der Waals surface area contributed by atoms with E-state index in [1.165, 1.54) is 10.4 Å². The zero-order chi connectivity index (χ0) is 25.2. The zero-order valence-electron chi connectivity index (χ0n) is 20.5. The van der Waals surface area contributed by atoms with E-state index in [-0.39, 0.29) is 22.9 Å². The molecule has 1 saturated heterocycles. The molecule has 2 aromatic carbocycles. The number of ether oxygens (including phenoxy) is 1. The lowest BCUT2D eigenvalue weighted by Gasteiger charge is -2.27. The average Bonchev–Trinajstić information content (AvgIpc) is 3.25. The van der Waals surface area contributed by atoms with Gasteiger partial charge >= 0.3 is 5.97 Å². The topological polar surface area (TPSA) is 102 Å². The molecule has 1 aliphatic heterocycles. The van der Waals surface area contributed by atoms with E-state index in [4.69, 9.17) is 4.74 Å². The maximum atomic E-state index is 13.9. The third-order valence-electron chi connectivity index (χ3n) is 6.46. The Kier molecular flexibility index (Phi) is 7.47. The summed E-state index contributed by atoms with van der Waals surface area (Å²) in [5.41, 5.74) is 2.06. The molecule has 0 unspecified atom stereocenters. The molecule has 0 aliphatic carbocycles. The van der Waals surface area contributed by atoms with E-state index in [9.17, 15) is 18.3 Å². The number of rotatable bonds is 9. The number of aryl methyl sites for hydroxylation is 1. The van der Waals surface area contributed by atoms with Crippen LogP contribution in [-0.4, -0.2) is 49.0 Å². The number of aromatic nitrogens is 2. The summed E-state index contributed by atoms with van der Waals surface area (Å²) in [7, 11) is -4.02. The number of carbonyl (C=O) groups is 1. The van der Waals surface area contributed by atoms with Crippen LogP contribution < -0.4 is 4.31 Å². The number of hydrogen-bond donors (Lipinski definition) is 1. The van der Waals surface area contributed by atoms with Crippen LogP contribution in [0.3, 0.4) is 0 Å². The fraction of sp³-hybridized carbons (Fsp3) is 0.462. The number of carboxylic acid groups (broad SMARTS) is 1. The van der Waals surface area contributed by atoms with Crippen LogP contribution >= 0.6 is 0 Å². The molecular weight excluding hydrogens is 466 g/mol. The van der Waals surface area contributed by atoms with Gasteiger partial charge in [-0.3, -0.25) is 8.99 Å². The van der Waals surface area contributed by atoms with Crippen molar-refractivity contribution in [2.24, 2.45) is 11.8 Å². The highest BCUT2D eigenvalue weighted by molar-refractivity contribution is 7.92. The van der Waals surface area contributed by atoms with E-state index in [1.807, 2.05) is 32.9 Å². The molecule has 0 bridgehead atoms. The summed E-state index contributed by atoms with van der Waals surface area (Å²) < 4.78 is 36.2. The van der Waals surface area contributed by atoms with E-state index in [2.05, 4.69) is 5.10 Å². The van der Waals surface area contributed by atoms with Gasteiger partial charge in [0, 0.05) is 31.7 Å². The Hall–Kier alpha value is -2.91. The van der Waals surface area contributed by atoms with Gasteiger partial charge in [-0.25, -0.2) is 13.2 Å². The van der Waals surface area contributed by atoms with Crippen molar-refractivity contribution in [3.05, 3.63) is 53.7 Å². The van der Waals surface area contributed by atoms with Crippen LogP contribution in [0.2, 0.25) is 0 Å². The quantitative estimate of drug-likeness (QED) is 0.463. The molecule has 0 saturated carbocycles. The number of hydrogen-bond acceptors (Lipinski definition) is 5. The molecule has 0 radical (unpaired) electrons. The van der Waals surface area contributed by atoms with Gasteiger partial charge in [0.15, 0.2) is 0 Å². The molecule has 9 heteroatoms. The third kappa shape index (κ3) is 5.36. The van der Waals surface area contributed by atoms with Crippen molar-refractivity contribution in [3.8, 4) is 0 Å². The number of anilines is 1. The third-order valence-corrected chi connectivity index (χ3v) is 8.23. The van der Waals surface area contributed by atoms with Crippen LogP contribution in [-0.2, 0) is 27.7 Å². The number of fused-ring (bicyclic) bond motifs is 1. The maximum absolute atomic E-state index is 13.9. The van der Waals surface area contributed by atoms with Gasteiger partial charge in [0.25, 0.3) is 10.0 Å². The lowest BCUT2D eigenvalue weighted by molar-refractivity contribution is 0.0603. The van der Waals surface area contributed by atoms with Gasteiger partial charge in [-0.1, -0.05) is 32.9 Å². The first-order chi connectivity index (χ1) is 16.7. The Balaban J connectivity index is 1.78. The number of sulfonamides is 1. The lowest BCUT2D eigenvalue weighted by atomic mass is 10.0. The maximum Gasteiger partial charge on any atom is 0.337 e. The summed E-state index contributed by atoms with van der Waals surface area (Å²) in [5, 5.41) is 14.9. The Bertz CT molecular complexity index is 1290. The molecule has 1 N–H and O–H groups in total. The van der Waals surface area contributed by atoms with E-state index in [1.54, 1.807) is 29.1 Å². The standard InChI is InChI=1S/C26H33N3O5S/c1-4-19-5-7-22(8-6-19)29(16-18(2)3)35(32,33)23-13-21-15-27-28(17-20-9-11-34-12-10-20)25(21)24(14-23)26(30)31/h5-8,13-15,18,20H,4,9-12,16-17H2,1-3H3,(H,30,31). The highest BCUT2D eigenvalue weighted by atomic mass is 32.2. The normalized spacial score (nSPS) is 15.1. The lowest BCUT2D eigenvalue weighted by Crippen LogP contribution is -2.34. The number of nitrogens with zero attached hydrogens (tertiary/aromatic N) is 3. The summed E-state index contributed by atoms with van der Waals surface area (Å²) in [4.78, 5) is 12.2. The van der Waals surface area contributed by atoms with Gasteiger partial charge in [-0.2, -0.15) is 5.10 Å². The second-order valence-corrected chi connectivity index (χ2v) is 11.4. The molecule has 1 fully saturated rings. The molecule has 2 heterocycles. The molecular formula is C26H33N3O5S. The van der Waals surface area contributed by atoms with Crippen LogP contribution in [0.4, 0.5) is 5.69 Å². The van der Waals surface area contributed by atoms with Crippen molar-refractivity contribution in [3.63, 3.8) is 0 Å². The second-order valence-electron chi connectivity index (χ2n) is 9.55. The SMILES string of the molecule is CCc1ccc(N(CC(C)C)S(=O)(=O)c2cc(C(=O)O)c3c(cnn3CC3CCOCC3)c2)cc1. The molecule has 0 spiro atoms. The monoisotopic (exact) mass is 499 g/mol. The van der Waals surface area contributed by atoms with Gasteiger partial charge in [-0.15, -0.1) is 0 Å². The van der Waals surface area contributed by atoms with E-state index in [0.29, 0.717) is 42.3 Å². The second kappa shape index (κ2) is 10.4. The molecule has 4 rings (SSSR count). The fourth-order valence-corrected chi connectivity index (χ4v) is 6.22. The van der Waals surface area contributed by atoms with Crippen LogP contribution in [0.1, 0.15) is 49.5 Å². The van der Waals surface area contributed by atoms with E-state index < -0.39 is 16.0 Å². The molecule has 35 heavy (non-hydrogen) atoms. The van der Waals surface area contributed by atoms with Crippen molar-refractivity contribution >= 4 is 32.6 Å². The van der Waals surface area contributed by atoms with Crippen molar-refractivity contribution in [1.29, 1.82) is 0 Å². The minimum atomic E-state index is -4.02. The summed E-state index contributed by atoms with van der Waals surface area (Å²) in [6.07, 6.45) is 4.19. The molecule has 188 valence electrons. The Morgan fingerprint density at radius 2 is 1.89 bits per heavy atom. The predicted octanol–water partition coefficient (Wildman–Crippen LogP) is 4.57. The van der Waals surface area contributed by atoms with Crippen molar-refractivity contribution < 1.29 is 23.1 Å². The highest BCUT2D eigenvalue weighted by Crippen LogP contribution is 2.31. The average molecular weight is 500 g/mol. The van der Waals surface area contributed by atoms with Gasteiger partial charge in [0.1, 0.15) is 0 Å². The number of carboxylic acids is 1. The smallest absolute Gasteiger partial charge is 0.337 e. The highest BCUT2D eigenvalue weighted by Gasteiger charge is 2.29. The summed E-state index contributed by atoms with van der Waals surface area (Å²) in [6.45, 7) is 8.17. The van der Waals surface area contributed by atoms with Crippen molar-refractivity contribution in [1.82, 2.24) is 9.78 Å². The first kappa shape index (κ1) is 25.2. The molecule has 3 aromatic rings. The van der Waals surface area contributed by atoms with Crippen LogP contribution in [0, 0.1) is 11.8 Å². The Labute approximate surface area is 206 Å². The van der Waals surface area contributed by atoms with E-state index in [0.717, 1.165) is 24.8 Å². The Morgan fingerprint density at radius 1 is 1.20 bits per heavy atom. The van der Waals surface area contributed by atoms with Crippen LogP contribution in [0.15, 0.2) is 47.5 Å². The van der Waals surface area contributed by atoms with Crippen LogP contribution in [0.5, 0.6) is 0 Å². The zero-order valence-corrected chi connectivity index (χ0v) is 21.3. The molecule has 8 nitrogen and oxygen atoms in total. The first-order valence-electron chi connectivity index (χ1n) is 12.1. The molecule has 1 aliphatic rings. The van der Waals surface area contributed by atoms with Gasteiger partial charge in [-0.05, 0) is 60.9 Å². The van der Waals surface area contributed by atoms with Crippen molar-refractivity contribution in [2.45, 2.75) is 51.5 Å². The summed E-state index contributed by atoms with van der Waals surface area (Å²) in [6, 6.07) is 10.3. The predicted molar refractivity (Wildman–Crippen MR) is 135 cm³/mol. The molecule has 1 aromatic heterocycles. The molecule has 0 amide bonds. The fourth-order valence-electron chi connectivity index (χ4n) is 4.53. The van der Waals surface area contributed by atoms with Gasteiger partial charge in [0.2, 0.25) is 0 Å². The van der Waals surface area contributed by atoms with Crippen molar-refractivity contribution in [2.75, 3.05) is 24.1 Å². The first-order valence-corrected chi connectivity index (χ1v) is 13.6. The number of benzene rings is 2. The largest absolute Gasteiger partial charge is 0.478 e. The van der Waals surface area contributed by atoms with Gasteiger partial charge < -0.3 is 9.84 Å². The van der Waals surface area contributed by atoms with Crippen LogP contribution in [0.25, 0.3) is 10.9 Å². The minimum Gasteiger partial charge on any atom is -0.478 e. The van der Waals surface area contributed by atoms with Gasteiger partial charge in [0.05, 0.1) is 27.9 Å². The van der Waals surface area contributed by atoms with E-state index >= 15 is 0 Å². The minimum absolute atomic E-state index is 0.0479.